The van der Waals surface area contributed by atoms with Crippen LogP contribution < -0.4 is 9.47 Å². The molecule has 1 N–H and O–H groups in total. The van der Waals surface area contributed by atoms with E-state index >= 15 is 0 Å². The van der Waals surface area contributed by atoms with Crippen LogP contribution >= 0.6 is 0 Å². The lowest BCUT2D eigenvalue weighted by Crippen LogP contribution is -2.37. The number of aromatic nitrogens is 2. The van der Waals surface area contributed by atoms with E-state index in [9.17, 15) is 5.11 Å². The number of imidazole rings is 1. The second-order valence-corrected chi connectivity index (χ2v) is 7.79. The van der Waals surface area contributed by atoms with Crippen molar-refractivity contribution in [2.75, 3.05) is 34.4 Å². The second kappa shape index (κ2) is 11.2. The van der Waals surface area contributed by atoms with Crippen molar-refractivity contribution in [2.45, 2.75) is 52.6 Å². The van der Waals surface area contributed by atoms with Gasteiger partial charge in [0.1, 0.15) is 18.5 Å². The largest absolute Gasteiger partial charge is 0.493 e. The van der Waals surface area contributed by atoms with Gasteiger partial charge >= 0.3 is 0 Å². The normalized spacial score (nSPS) is 12.8. The Morgan fingerprint density at radius 2 is 1.93 bits per heavy atom. The summed E-state index contributed by atoms with van der Waals surface area (Å²) in [6.45, 7) is 9.54. The van der Waals surface area contributed by atoms with Crippen LogP contribution in [0.5, 0.6) is 11.5 Å². The first kappa shape index (κ1) is 23.2. The Kier molecular flexibility index (Phi) is 8.95. The molecule has 2 aromatic rings. The molecule has 1 unspecified atom stereocenters. The van der Waals surface area contributed by atoms with Gasteiger partial charge in [0, 0.05) is 38.1 Å². The molecule has 1 aromatic carbocycles. The van der Waals surface area contributed by atoms with Crippen molar-refractivity contribution in [1.82, 2.24) is 19.4 Å². The average molecular weight is 405 g/mol. The van der Waals surface area contributed by atoms with Crippen LogP contribution in [-0.2, 0) is 19.6 Å². The lowest BCUT2D eigenvalue weighted by Gasteiger charge is -2.24. The fourth-order valence-electron chi connectivity index (χ4n) is 3.10. The summed E-state index contributed by atoms with van der Waals surface area (Å²) in [7, 11) is 5.70. The average Bonchev–Trinajstić information content (AvgIpc) is 3.13. The van der Waals surface area contributed by atoms with Crippen molar-refractivity contribution in [3.8, 4) is 11.5 Å². The number of hydrogen-bond donors (Lipinski definition) is 1. The summed E-state index contributed by atoms with van der Waals surface area (Å²) >= 11 is 0. The minimum atomic E-state index is -0.564. The second-order valence-electron chi connectivity index (χ2n) is 7.79. The zero-order valence-electron chi connectivity index (χ0n) is 18.6. The summed E-state index contributed by atoms with van der Waals surface area (Å²) in [5.74, 6) is 2.37. The summed E-state index contributed by atoms with van der Waals surface area (Å²) < 4.78 is 13.5. The predicted octanol–water partition coefficient (Wildman–Crippen LogP) is 2.62. The molecule has 0 fully saturated rings. The molecule has 0 radical (unpaired) electrons. The maximum absolute atomic E-state index is 10.3. The molecule has 0 saturated carbocycles. The van der Waals surface area contributed by atoms with Gasteiger partial charge in [0.05, 0.1) is 13.7 Å². The van der Waals surface area contributed by atoms with Crippen LogP contribution in [-0.4, -0.2) is 71.0 Å². The number of rotatable bonds is 12. The molecule has 0 aliphatic heterocycles. The van der Waals surface area contributed by atoms with Gasteiger partial charge in [-0.05, 0) is 52.6 Å². The van der Waals surface area contributed by atoms with Gasteiger partial charge in [0.15, 0.2) is 11.5 Å². The zero-order chi connectivity index (χ0) is 21.4. The van der Waals surface area contributed by atoms with Gasteiger partial charge in [-0.3, -0.25) is 4.90 Å². The van der Waals surface area contributed by atoms with Crippen molar-refractivity contribution < 1.29 is 14.6 Å². The van der Waals surface area contributed by atoms with Gasteiger partial charge in [-0.2, -0.15) is 0 Å². The SMILES string of the molecule is CCn1ccnc1CN(C)Cc1ccc(OC)c(OCC(O)CN(C)C(C)C)c1. The zero-order valence-corrected chi connectivity index (χ0v) is 18.6. The van der Waals surface area contributed by atoms with E-state index in [-0.39, 0.29) is 6.61 Å². The van der Waals surface area contributed by atoms with E-state index in [0.717, 1.165) is 31.0 Å². The Labute approximate surface area is 174 Å². The minimum Gasteiger partial charge on any atom is -0.493 e. The van der Waals surface area contributed by atoms with Crippen molar-refractivity contribution in [3.05, 3.63) is 42.0 Å². The molecule has 2 rings (SSSR count). The molecule has 7 heteroatoms. The summed E-state index contributed by atoms with van der Waals surface area (Å²) in [5, 5.41) is 10.3. The Balaban J connectivity index is 1.98. The minimum absolute atomic E-state index is 0.223. The number of hydrogen-bond acceptors (Lipinski definition) is 6. The number of methoxy groups -OCH3 is 1. The van der Waals surface area contributed by atoms with E-state index in [1.807, 2.05) is 37.6 Å². The van der Waals surface area contributed by atoms with Gasteiger partial charge in [-0.15, -0.1) is 0 Å². The van der Waals surface area contributed by atoms with Crippen LogP contribution in [0.2, 0.25) is 0 Å². The first-order valence-corrected chi connectivity index (χ1v) is 10.2. The van der Waals surface area contributed by atoms with Crippen LogP contribution in [0.25, 0.3) is 0 Å². The highest BCUT2D eigenvalue weighted by Crippen LogP contribution is 2.29. The van der Waals surface area contributed by atoms with Gasteiger partial charge in [-0.25, -0.2) is 4.98 Å². The molecule has 1 aromatic heterocycles. The molecule has 0 bridgehead atoms. The van der Waals surface area contributed by atoms with Gasteiger partial charge in [0.2, 0.25) is 0 Å². The maximum atomic E-state index is 10.3. The standard InChI is InChI=1S/C22H36N4O3/c1-7-26-11-10-23-22(26)15-24(4)13-18-8-9-20(28-6)21(12-18)29-16-19(27)14-25(5)17(2)3/h8-12,17,19,27H,7,13-16H2,1-6H3. The first-order chi connectivity index (χ1) is 13.8. The molecule has 162 valence electrons. The van der Waals surface area contributed by atoms with Crippen molar-refractivity contribution in [1.29, 1.82) is 0 Å². The predicted molar refractivity (Wildman–Crippen MR) is 115 cm³/mol. The summed E-state index contributed by atoms with van der Waals surface area (Å²) in [5.41, 5.74) is 1.12. The maximum Gasteiger partial charge on any atom is 0.161 e. The van der Waals surface area contributed by atoms with Crippen molar-refractivity contribution in [2.24, 2.45) is 0 Å². The molecule has 29 heavy (non-hydrogen) atoms. The molecule has 0 aliphatic rings. The smallest absolute Gasteiger partial charge is 0.161 e. The van der Waals surface area contributed by atoms with Gasteiger partial charge < -0.3 is 24.0 Å². The molecule has 0 aliphatic carbocycles. The molecule has 1 atom stereocenters. The number of ether oxygens (including phenoxy) is 2. The molecular formula is C22H36N4O3. The van der Waals surface area contributed by atoms with E-state index in [1.165, 1.54) is 0 Å². The van der Waals surface area contributed by atoms with Crippen LogP contribution in [0.3, 0.4) is 0 Å². The highest BCUT2D eigenvalue weighted by Gasteiger charge is 2.14. The monoisotopic (exact) mass is 404 g/mol. The Hall–Kier alpha value is -2.09. The van der Waals surface area contributed by atoms with E-state index < -0.39 is 6.10 Å². The molecule has 0 amide bonds. The van der Waals surface area contributed by atoms with Crippen molar-refractivity contribution >= 4 is 0 Å². The fourth-order valence-corrected chi connectivity index (χ4v) is 3.10. The first-order valence-electron chi connectivity index (χ1n) is 10.2. The third-order valence-electron chi connectivity index (χ3n) is 5.05. The van der Waals surface area contributed by atoms with Crippen molar-refractivity contribution in [3.63, 3.8) is 0 Å². The van der Waals surface area contributed by atoms with Gasteiger partial charge in [-0.1, -0.05) is 6.07 Å². The van der Waals surface area contributed by atoms with Gasteiger partial charge in [0.25, 0.3) is 0 Å². The Morgan fingerprint density at radius 3 is 2.59 bits per heavy atom. The third kappa shape index (κ3) is 7.03. The Morgan fingerprint density at radius 1 is 1.17 bits per heavy atom. The summed E-state index contributed by atoms with van der Waals surface area (Å²) in [4.78, 5) is 8.75. The molecular weight excluding hydrogens is 368 g/mol. The lowest BCUT2D eigenvalue weighted by molar-refractivity contribution is 0.0668. The topological polar surface area (TPSA) is 63.0 Å². The number of aliphatic hydroxyl groups is 1. The molecule has 0 spiro atoms. The lowest BCUT2D eigenvalue weighted by atomic mass is 10.2. The van der Waals surface area contributed by atoms with Crippen LogP contribution in [0.4, 0.5) is 0 Å². The van der Waals surface area contributed by atoms with Crippen LogP contribution in [0.15, 0.2) is 30.6 Å². The number of nitrogens with zero attached hydrogens (tertiary/aromatic N) is 4. The summed E-state index contributed by atoms with van der Waals surface area (Å²) in [6, 6.07) is 6.32. The number of benzene rings is 1. The highest BCUT2D eigenvalue weighted by atomic mass is 16.5. The molecule has 1 heterocycles. The fraction of sp³-hybridized carbons (Fsp3) is 0.591. The molecule has 0 saturated heterocycles. The number of likely N-dealkylation sites (N-methyl/N-ethyl adjacent to an activating group) is 1. The summed E-state index contributed by atoms with van der Waals surface area (Å²) in [6.07, 6.45) is 3.28. The van der Waals surface area contributed by atoms with Crippen LogP contribution in [0.1, 0.15) is 32.2 Å². The van der Waals surface area contributed by atoms with E-state index in [1.54, 1.807) is 7.11 Å². The molecule has 7 nitrogen and oxygen atoms in total. The van der Waals surface area contributed by atoms with Crippen LogP contribution in [0, 0.1) is 0 Å². The third-order valence-corrected chi connectivity index (χ3v) is 5.05. The van der Waals surface area contributed by atoms with E-state index in [4.69, 9.17) is 9.47 Å². The quantitative estimate of drug-likeness (QED) is 0.587. The Bertz CT molecular complexity index is 747. The highest BCUT2D eigenvalue weighted by molar-refractivity contribution is 5.43. The van der Waals surface area contributed by atoms with E-state index in [2.05, 4.69) is 47.2 Å². The van der Waals surface area contributed by atoms with E-state index in [0.29, 0.717) is 24.1 Å². The number of aryl methyl sites for hydroxylation is 1. The number of aliphatic hydroxyl groups excluding tert-OH is 1.